The van der Waals surface area contributed by atoms with Crippen LogP contribution < -0.4 is 5.73 Å². The number of rotatable bonds is 9. The summed E-state index contributed by atoms with van der Waals surface area (Å²) in [5, 5.41) is -0.661. The van der Waals surface area contributed by atoms with Crippen molar-refractivity contribution in [3.63, 3.8) is 0 Å². The molecule has 0 radical (unpaired) electrons. The molecule has 0 aliphatic rings. The minimum Gasteiger partial charge on any atom is -0.771 e. The van der Waals surface area contributed by atoms with Gasteiger partial charge < -0.3 is 10.3 Å². The van der Waals surface area contributed by atoms with E-state index in [-0.39, 0.29) is 0 Å². The first-order valence-electron chi connectivity index (χ1n) is 5.52. The lowest BCUT2D eigenvalue weighted by atomic mass is 10.1. The quantitative estimate of drug-likeness (QED) is 0.479. The maximum absolute atomic E-state index is 10.4. The number of unbranched alkanes of at least 4 members (excludes halogenated alkanes) is 6. The first-order chi connectivity index (χ1) is 6.68. The summed E-state index contributed by atoms with van der Waals surface area (Å²) < 4.78 is 20.8. The van der Waals surface area contributed by atoms with Crippen molar-refractivity contribution < 1.29 is 8.76 Å². The Morgan fingerprint density at radius 1 is 1.14 bits per heavy atom. The Morgan fingerprint density at radius 2 is 1.64 bits per heavy atom. The largest absolute Gasteiger partial charge is 0.771 e. The molecule has 86 valence electrons. The molecule has 0 rings (SSSR count). The Labute approximate surface area is 89.7 Å². The van der Waals surface area contributed by atoms with Crippen molar-refractivity contribution >= 4 is 11.1 Å². The highest BCUT2D eigenvalue weighted by Crippen LogP contribution is 2.09. The summed E-state index contributed by atoms with van der Waals surface area (Å²) in [6.07, 6.45) is 8.99. The molecule has 2 unspecified atom stereocenters. The van der Waals surface area contributed by atoms with Gasteiger partial charge in [0.1, 0.15) is 0 Å². The van der Waals surface area contributed by atoms with Crippen LogP contribution in [-0.2, 0) is 11.1 Å². The van der Waals surface area contributed by atoms with Crippen molar-refractivity contribution in [1.29, 1.82) is 0 Å². The van der Waals surface area contributed by atoms with Crippen LogP contribution in [0, 0.1) is 0 Å². The summed E-state index contributed by atoms with van der Waals surface area (Å²) in [6.45, 7) is 2.20. The summed E-state index contributed by atoms with van der Waals surface area (Å²) >= 11 is -2.09. The van der Waals surface area contributed by atoms with Crippen LogP contribution in [0.2, 0.25) is 0 Å². The zero-order valence-electron chi connectivity index (χ0n) is 9.04. The normalized spacial score (nSPS) is 15.4. The summed E-state index contributed by atoms with van der Waals surface area (Å²) in [7, 11) is 0. The molecule has 0 aromatic heterocycles. The van der Waals surface area contributed by atoms with Gasteiger partial charge in [-0.3, -0.25) is 4.21 Å². The first-order valence-corrected chi connectivity index (χ1v) is 6.66. The molecule has 0 saturated carbocycles. The molecule has 2 atom stereocenters. The Morgan fingerprint density at radius 3 is 2.14 bits per heavy atom. The number of nitrogens with two attached hydrogens (primary N) is 1. The Kier molecular flexibility index (Phi) is 9.67. The lowest BCUT2D eigenvalue weighted by Gasteiger charge is -2.13. The molecule has 0 bridgehead atoms. The highest BCUT2D eigenvalue weighted by Gasteiger charge is 2.00. The molecule has 2 N–H and O–H groups in total. The second-order valence-corrected chi connectivity index (χ2v) is 4.84. The van der Waals surface area contributed by atoms with Gasteiger partial charge in [0, 0.05) is 0 Å². The van der Waals surface area contributed by atoms with Gasteiger partial charge in [0.25, 0.3) is 0 Å². The fourth-order valence-electron chi connectivity index (χ4n) is 1.40. The van der Waals surface area contributed by atoms with Gasteiger partial charge in [-0.2, -0.15) is 0 Å². The van der Waals surface area contributed by atoms with Crippen LogP contribution in [0.15, 0.2) is 0 Å². The Bertz CT molecular complexity index is 153. The standard InChI is InChI=1S/C10H23NO2S/c1-2-3-4-5-6-7-8-9-10(11)14(12)13/h10H,2-9,11H2,1H3,(H,12,13)/p-1. The van der Waals surface area contributed by atoms with E-state index in [4.69, 9.17) is 5.73 Å². The molecular weight excluding hydrogens is 198 g/mol. The monoisotopic (exact) mass is 220 g/mol. The molecule has 0 amide bonds. The molecular formula is C10H22NO2S-. The molecule has 0 heterocycles. The zero-order chi connectivity index (χ0) is 10.8. The van der Waals surface area contributed by atoms with Gasteiger partial charge in [-0.25, -0.2) is 0 Å². The molecule has 0 aliphatic heterocycles. The fraction of sp³-hybridized carbons (Fsp3) is 1.00. The van der Waals surface area contributed by atoms with E-state index in [0.717, 1.165) is 12.8 Å². The average molecular weight is 220 g/mol. The van der Waals surface area contributed by atoms with Crippen LogP contribution in [0.1, 0.15) is 58.3 Å². The SMILES string of the molecule is CCCCCCCCCC(N)S(=O)[O-]. The third kappa shape index (κ3) is 8.66. The lowest BCUT2D eigenvalue weighted by Crippen LogP contribution is -2.25. The van der Waals surface area contributed by atoms with Crippen molar-refractivity contribution in [1.82, 2.24) is 0 Å². The van der Waals surface area contributed by atoms with Crippen molar-refractivity contribution in [2.45, 2.75) is 63.7 Å². The van der Waals surface area contributed by atoms with E-state index in [1.807, 2.05) is 0 Å². The highest BCUT2D eigenvalue weighted by atomic mass is 32.2. The van der Waals surface area contributed by atoms with Gasteiger partial charge in [-0.05, 0) is 17.5 Å². The molecule has 0 saturated heterocycles. The lowest BCUT2D eigenvalue weighted by molar-refractivity contribution is 0.507. The van der Waals surface area contributed by atoms with Crippen molar-refractivity contribution in [2.24, 2.45) is 5.73 Å². The minimum atomic E-state index is -2.09. The van der Waals surface area contributed by atoms with E-state index < -0.39 is 16.5 Å². The van der Waals surface area contributed by atoms with Crippen LogP contribution in [0.5, 0.6) is 0 Å². The predicted octanol–water partition coefficient (Wildman–Crippen LogP) is 2.29. The first kappa shape index (κ1) is 14.1. The Balaban J connectivity index is 3.09. The molecule has 0 aromatic rings. The minimum absolute atomic E-state index is 0.601. The van der Waals surface area contributed by atoms with Crippen LogP contribution in [-0.4, -0.2) is 14.1 Å². The highest BCUT2D eigenvalue weighted by molar-refractivity contribution is 7.79. The molecule has 14 heavy (non-hydrogen) atoms. The molecule has 3 nitrogen and oxygen atoms in total. The second-order valence-electron chi connectivity index (χ2n) is 3.71. The molecule has 0 spiro atoms. The van der Waals surface area contributed by atoms with E-state index in [2.05, 4.69) is 6.92 Å². The van der Waals surface area contributed by atoms with Crippen LogP contribution in [0.4, 0.5) is 0 Å². The van der Waals surface area contributed by atoms with Gasteiger partial charge in [-0.1, -0.05) is 51.9 Å². The van der Waals surface area contributed by atoms with E-state index in [9.17, 15) is 8.76 Å². The number of hydrogen-bond donors (Lipinski definition) is 1. The van der Waals surface area contributed by atoms with Crippen molar-refractivity contribution in [2.75, 3.05) is 0 Å². The van der Waals surface area contributed by atoms with E-state index >= 15 is 0 Å². The topological polar surface area (TPSA) is 66.2 Å². The van der Waals surface area contributed by atoms with Crippen LogP contribution >= 0.6 is 0 Å². The van der Waals surface area contributed by atoms with E-state index in [1.54, 1.807) is 0 Å². The van der Waals surface area contributed by atoms with Gasteiger partial charge in [0.15, 0.2) is 0 Å². The molecule has 4 heteroatoms. The van der Waals surface area contributed by atoms with Gasteiger partial charge in [0.2, 0.25) is 0 Å². The molecule has 0 aliphatic carbocycles. The number of hydrogen-bond acceptors (Lipinski definition) is 3. The fourth-order valence-corrected chi connectivity index (χ4v) is 1.76. The molecule has 0 fully saturated rings. The summed E-state index contributed by atoms with van der Waals surface area (Å²) in [5.74, 6) is 0. The predicted molar refractivity (Wildman–Crippen MR) is 59.5 cm³/mol. The van der Waals surface area contributed by atoms with Crippen molar-refractivity contribution in [3.8, 4) is 0 Å². The second kappa shape index (κ2) is 9.62. The third-order valence-electron chi connectivity index (χ3n) is 2.34. The average Bonchev–Trinajstić information content (AvgIpc) is 2.16. The molecule has 0 aromatic carbocycles. The smallest absolute Gasteiger partial charge is 0.0676 e. The van der Waals surface area contributed by atoms with Crippen molar-refractivity contribution in [3.05, 3.63) is 0 Å². The summed E-state index contributed by atoms with van der Waals surface area (Å²) in [5.41, 5.74) is 5.37. The zero-order valence-corrected chi connectivity index (χ0v) is 9.85. The third-order valence-corrected chi connectivity index (χ3v) is 3.07. The maximum Gasteiger partial charge on any atom is 0.0676 e. The Hall–Kier alpha value is 0.0700. The van der Waals surface area contributed by atoms with Gasteiger partial charge in [0.05, 0.1) is 5.37 Å². The van der Waals surface area contributed by atoms with Crippen LogP contribution in [0.3, 0.4) is 0 Å². The van der Waals surface area contributed by atoms with E-state index in [0.29, 0.717) is 6.42 Å². The van der Waals surface area contributed by atoms with Gasteiger partial charge >= 0.3 is 0 Å². The summed E-state index contributed by atoms with van der Waals surface area (Å²) in [4.78, 5) is 0. The van der Waals surface area contributed by atoms with Gasteiger partial charge in [-0.15, -0.1) is 0 Å². The maximum atomic E-state index is 10.4. The van der Waals surface area contributed by atoms with Crippen LogP contribution in [0.25, 0.3) is 0 Å². The summed E-state index contributed by atoms with van der Waals surface area (Å²) in [6, 6.07) is 0. The van der Waals surface area contributed by atoms with E-state index in [1.165, 1.54) is 32.1 Å².